The minimum Gasteiger partial charge on any atom is -0.490 e. The Kier molecular flexibility index (Phi) is 10.3. The van der Waals surface area contributed by atoms with Crippen LogP contribution in [0.25, 0.3) is 11.3 Å². The minimum absolute atomic E-state index is 0.316. The molecule has 0 fully saturated rings. The van der Waals surface area contributed by atoms with Crippen LogP contribution >= 0.6 is 45.5 Å². The first-order valence-corrected chi connectivity index (χ1v) is 15.8. The van der Waals surface area contributed by atoms with Crippen LogP contribution in [-0.4, -0.2) is 23.7 Å². The summed E-state index contributed by atoms with van der Waals surface area (Å²) in [4.78, 5) is 17.4. The summed E-state index contributed by atoms with van der Waals surface area (Å²) in [5, 5.41) is 10.9. The van der Waals surface area contributed by atoms with E-state index in [4.69, 9.17) is 21.1 Å². The number of benzene rings is 4. The number of thiazole rings is 1. The molecule has 0 atom stereocenters. The molecule has 1 aromatic heterocycles. The predicted molar refractivity (Wildman–Crippen MR) is 183 cm³/mol. The van der Waals surface area contributed by atoms with Gasteiger partial charge in [0, 0.05) is 27.2 Å². The lowest BCUT2D eigenvalue weighted by molar-refractivity contribution is 0.0955. The van der Waals surface area contributed by atoms with Crippen molar-refractivity contribution in [1.82, 2.24) is 10.4 Å². The fourth-order valence-electron chi connectivity index (χ4n) is 4.17. The lowest BCUT2D eigenvalue weighted by Gasteiger charge is -2.15. The predicted octanol–water partition coefficient (Wildman–Crippen LogP) is 8.86. The van der Waals surface area contributed by atoms with Crippen molar-refractivity contribution in [3.63, 3.8) is 0 Å². The second kappa shape index (κ2) is 14.5. The largest absolute Gasteiger partial charge is 0.490 e. The van der Waals surface area contributed by atoms with Crippen LogP contribution in [0.1, 0.15) is 34.0 Å². The Morgan fingerprint density at radius 2 is 1.84 bits per heavy atom. The number of halogens is 2. The lowest BCUT2D eigenvalue weighted by Crippen LogP contribution is -2.17. The van der Waals surface area contributed by atoms with Crippen molar-refractivity contribution in [3.05, 3.63) is 121 Å². The van der Waals surface area contributed by atoms with Gasteiger partial charge in [0.2, 0.25) is 0 Å². The van der Waals surface area contributed by atoms with Gasteiger partial charge in [0.15, 0.2) is 16.6 Å². The van der Waals surface area contributed by atoms with E-state index in [1.807, 2.05) is 73.0 Å². The summed E-state index contributed by atoms with van der Waals surface area (Å²) in [6.07, 6.45) is 1.59. The molecule has 4 aromatic carbocycles. The van der Waals surface area contributed by atoms with Crippen molar-refractivity contribution < 1.29 is 14.3 Å². The molecule has 0 bridgehead atoms. The van der Waals surface area contributed by atoms with Gasteiger partial charge in [-0.1, -0.05) is 53.6 Å². The Balaban J connectivity index is 1.20. The molecule has 0 saturated carbocycles. The monoisotopic (exact) mass is 722 g/mol. The number of nitrogens with one attached hydrogen (secondary N) is 2. The van der Waals surface area contributed by atoms with Gasteiger partial charge in [-0.25, -0.2) is 10.4 Å². The van der Waals surface area contributed by atoms with E-state index in [1.54, 1.807) is 18.3 Å². The van der Waals surface area contributed by atoms with Crippen molar-refractivity contribution >= 4 is 68.5 Å². The number of amides is 1. The summed E-state index contributed by atoms with van der Waals surface area (Å²) in [5.74, 6) is 0.987. The summed E-state index contributed by atoms with van der Waals surface area (Å²) in [6.45, 7) is 4.91. The first-order chi connectivity index (χ1) is 20.9. The number of carbonyl (C=O) groups is 1. The van der Waals surface area contributed by atoms with E-state index in [0.717, 1.165) is 36.8 Å². The second-order valence-electron chi connectivity index (χ2n) is 9.49. The maximum absolute atomic E-state index is 12.7. The first kappa shape index (κ1) is 30.5. The van der Waals surface area contributed by atoms with Crippen LogP contribution in [0.15, 0.2) is 95.4 Å². The fraction of sp³-hybridized carbons (Fsp3) is 0.121. The van der Waals surface area contributed by atoms with Crippen molar-refractivity contribution in [2.45, 2.75) is 20.5 Å². The van der Waals surface area contributed by atoms with Crippen LogP contribution in [0.3, 0.4) is 0 Å². The third-order valence-electron chi connectivity index (χ3n) is 6.22. The molecule has 0 spiro atoms. The molecule has 0 aliphatic heterocycles. The molecule has 2 N–H and O–H groups in total. The molecule has 0 unspecified atom stereocenters. The highest BCUT2D eigenvalue weighted by Crippen LogP contribution is 2.34. The number of hydrogen-bond donors (Lipinski definition) is 2. The molecule has 43 heavy (non-hydrogen) atoms. The highest BCUT2D eigenvalue weighted by atomic mass is 127. The van der Waals surface area contributed by atoms with Gasteiger partial charge in [-0.3, -0.25) is 4.79 Å². The van der Waals surface area contributed by atoms with Crippen LogP contribution in [0, 0.1) is 10.5 Å². The van der Waals surface area contributed by atoms with E-state index in [0.29, 0.717) is 35.3 Å². The number of aryl methyl sites for hydroxylation is 1. The molecule has 0 saturated heterocycles. The molecule has 7 nitrogen and oxygen atoms in total. The number of hydrazone groups is 1. The number of ether oxygens (including phenoxy) is 2. The van der Waals surface area contributed by atoms with Gasteiger partial charge in [0.1, 0.15) is 6.61 Å². The van der Waals surface area contributed by atoms with E-state index < -0.39 is 0 Å². The van der Waals surface area contributed by atoms with Crippen molar-refractivity contribution in [2.24, 2.45) is 5.10 Å². The van der Waals surface area contributed by atoms with Crippen molar-refractivity contribution in [3.8, 4) is 22.8 Å². The molecule has 1 heterocycles. The molecule has 5 rings (SSSR count). The zero-order chi connectivity index (χ0) is 30.2. The normalized spacial score (nSPS) is 11.0. The molecule has 218 valence electrons. The van der Waals surface area contributed by atoms with Gasteiger partial charge in [-0.05, 0) is 96.1 Å². The van der Waals surface area contributed by atoms with Crippen LogP contribution in [0.2, 0.25) is 5.02 Å². The summed E-state index contributed by atoms with van der Waals surface area (Å²) in [6, 6.07) is 26.7. The Labute approximate surface area is 273 Å². The van der Waals surface area contributed by atoms with E-state index in [-0.39, 0.29) is 5.91 Å². The molecule has 0 aliphatic rings. The highest BCUT2D eigenvalue weighted by molar-refractivity contribution is 14.1. The minimum atomic E-state index is -0.316. The van der Waals surface area contributed by atoms with Gasteiger partial charge >= 0.3 is 0 Å². The molecule has 5 aromatic rings. The number of nitrogens with zero attached hydrogens (tertiary/aromatic N) is 2. The molecule has 0 aliphatic carbocycles. The number of anilines is 2. The molecule has 10 heteroatoms. The van der Waals surface area contributed by atoms with Crippen LogP contribution in [0.4, 0.5) is 10.8 Å². The number of aromatic nitrogens is 1. The quantitative estimate of drug-likeness (QED) is 0.0809. The first-order valence-electron chi connectivity index (χ1n) is 13.4. The zero-order valence-corrected chi connectivity index (χ0v) is 27.2. The smallest absolute Gasteiger partial charge is 0.271 e. The summed E-state index contributed by atoms with van der Waals surface area (Å²) >= 11 is 9.68. The number of rotatable bonds is 11. The average molecular weight is 723 g/mol. The highest BCUT2D eigenvalue weighted by Gasteiger charge is 2.13. The van der Waals surface area contributed by atoms with Crippen molar-refractivity contribution in [2.75, 3.05) is 11.9 Å². The molecule has 1 amide bonds. The Morgan fingerprint density at radius 1 is 1.05 bits per heavy atom. The second-order valence-corrected chi connectivity index (χ2v) is 11.9. The lowest BCUT2D eigenvalue weighted by atomic mass is 10.1. The van der Waals surface area contributed by atoms with E-state index in [2.05, 4.69) is 62.5 Å². The van der Waals surface area contributed by atoms with Crippen LogP contribution < -0.4 is 20.2 Å². The maximum atomic E-state index is 12.7. The number of carbonyl (C=O) groups excluding carboxylic acids is 1. The van der Waals surface area contributed by atoms with Crippen LogP contribution in [-0.2, 0) is 6.61 Å². The van der Waals surface area contributed by atoms with Gasteiger partial charge in [0.25, 0.3) is 5.91 Å². The van der Waals surface area contributed by atoms with E-state index in [1.165, 1.54) is 16.9 Å². The van der Waals surface area contributed by atoms with Crippen LogP contribution in [0.5, 0.6) is 11.5 Å². The SMILES string of the molecule is CCOc1cc(/C=N\NC(=O)c2ccc(-c3csc(Nc4ccc(Cl)cc4)n3)cc2)cc(I)c1OCc1cccc(C)c1. The maximum Gasteiger partial charge on any atom is 0.271 e. The Hall–Kier alpha value is -3.93. The summed E-state index contributed by atoms with van der Waals surface area (Å²) in [7, 11) is 0. The van der Waals surface area contributed by atoms with Gasteiger partial charge in [-0.2, -0.15) is 5.10 Å². The third kappa shape index (κ3) is 8.34. The van der Waals surface area contributed by atoms with E-state index in [9.17, 15) is 4.79 Å². The molecular formula is C33H28ClIN4O3S. The molecule has 0 radical (unpaired) electrons. The third-order valence-corrected chi connectivity index (χ3v) is 8.03. The van der Waals surface area contributed by atoms with Gasteiger partial charge in [-0.15, -0.1) is 11.3 Å². The average Bonchev–Trinajstić information content (AvgIpc) is 3.47. The molecular weight excluding hydrogens is 695 g/mol. The summed E-state index contributed by atoms with van der Waals surface area (Å²) in [5.41, 5.74) is 8.76. The zero-order valence-electron chi connectivity index (χ0n) is 23.4. The summed E-state index contributed by atoms with van der Waals surface area (Å²) < 4.78 is 12.9. The Bertz CT molecular complexity index is 1740. The van der Waals surface area contributed by atoms with Crippen molar-refractivity contribution in [1.29, 1.82) is 0 Å². The standard InChI is InChI=1S/C33H28ClIN4O3S/c1-3-41-30-17-23(16-28(35)31(30)42-19-22-6-4-5-21(2)15-22)18-36-39-32(40)25-9-7-24(8-10-25)29-20-43-33(38-29)37-27-13-11-26(34)12-14-27/h4-18,20H,3,19H2,1-2H3,(H,37,38)(H,39,40)/b36-18-. The Morgan fingerprint density at radius 3 is 2.58 bits per heavy atom. The van der Waals surface area contributed by atoms with E-state index >= 15 is 0 Å². The number of hydrogen-bond acceptors (Lipinski definition) is 7. The topological polar surface area (TPSA) is 84.8 Å². The van der Waals surface area contributed by atoms with Gasteiger partial charge < -0.3 is 14.8 Å². The fourth-order valence-corrected chi connectivity index (χ4v) is 5.81. The van der Waals surface area contributed by atoms with Gasteiger partial charge in [0.05, 0.1) is 22.1 Å².